The van der Waals surface area contributed by atoms with Gasteiger partial charge < -0.3 is 10.6 Å². The second-order valence-electron chi connectivity index (χ2n) is 5.22. The van der Waals surface area contributed by atoms with Crippen LogP contribution >= 0.6 is 0 Å². The van der Waals surface area contributed by atoms with Gasteiger partial charge in [0.1, 0.15) is 5.82 Å². The summed E-state index contributed by atoms with van der Waals surface area (Å²) in [7, 11) is 0. The van der Waals surface area contributed by atoms with Crippen LogP contribution in [0, 0.1) is 5.92 Å². The molecule has 0 saturated heterocycles. The number of carbonyl (C=O) groups is 1. The third-order valence-corrected chi connectivity index (χ3v) is 3.61. The van der Waals surface area contributed by atoms with Crippen LogP contribution in [0.4, 0.5) is 5.82 Å². The quantitative estimate of drug-likeness (QED) is 0.828. The van der Waals surface area contributed by atoms with Gasteiger partial charge in [-0.2, -0.15) is 0 Å². The van der Waals surface area contributed by atoms with Crippen LogP contribution < -0.4 is 10.6 Å². The first-order valence-electron chi connectivity index (χ1n) is 7.27. The summed E-state index contributed by atoms with van der Waals surface area (Å²) in [5, 5.41) is 6.20. The van der Waals surface area contributed by atoms with E-state index in [-0.39, 0.29) is 5.91 Å². The first-order chi connectivity index (χ1) is 9.29. The van der Waals surface area contributed by atoms with Gasteiger partial charge in [-0.1, -0.05) is 19.8 Å². The van der Waals surface area contributed by atoms with Crippen molar-refractivity contribution < 1.29 is 4.79 Å². The third-order valence-electron chi connectivity index (χ3n) is 3.61. The lowest BCUT2D eigenvalue weighted by atomic mass is 10.1. The van der Waals surface area contributed by atoms with Crippen molar-refractivity contribution in [3.8, 4) is 0 Å². The summed E-state index contributed by atoms with van der Waals surface area (Å²) in [6.07, 6.45) is 7.81. The number of hydrogen-bond donors (Lipinski definition) is 2. The molecular weight excluding hydrogens is 238 g/mol. The molecule has 4 nitrogen and oxygen atoms in total. The molecule has 0 radical (unpaired) electrons. The van der Waals surface area contributed by atoms with Crippen LogP contribution in [0.25, 0.3) is 0 Å². The summed E-state index contributed by atoms with van der Waals surface area (Å²) in [6, 6.07) is 3.69. The van der Waals surface area contributed by atoms with Gasteiger partial charge in [0, 0.05) is 19.3 Å². The molecule has 1 aliphatic rings. The normalized spacial score (nSPS) is 15.4. The van der Waals surface area contributed by atoms with Crippen molar-refractivity contribution in [2.45, 2.75) is 39.0 Å². The summed E-state index contributed by atoms with van der Waals surface area (Å²) in [6.45, 7) is 3.81. The van der Waals surface area contributed by atoms with Gasteiger partial charge >= 0.3 is 0 Å². The van der Waals surface area contributed by atoms with Crippen LogP contribution in [0.1, 0.15) is 49.4 Å². The molecule has 1 aromatic heterocycles. The van der Waals surface area contributed by atoms with E-state index in [2.05, 4.69) is 22.5 Å². The zero-order valence-corrected chi connectivity index (χ0v) is 11.6. The van der Waals surface area contributed by atoms with Gasteiger partial charge in [-0.15, -0.1) is 0 Å². The van der Waals surface area contributed by atoms with E-state index >= 15 is 0 Å². The number of nitrogens with zero attached hydrogens (tertiary/aromatic N) is 1. The lowest BCUT2D eigenvalue weighted by molar-refractivity contribution is 0.0947. The minimum atomic E-state index is -0.0126. The average molecular weight is 261 g/mol. The Hall–Kier alpha value is -1.58. The monoisotopic (exact) mass is 261 g/mol. The van der Waals surface area contributed by atoms with Crippen molar-refractivity contribution in [3.05, 3.63) is 23.9 Å². The number of amides is 1. The summed E-state index contributed by atoms with van der Waals surface area (Å²) in [5.41, 5.74) is 0.639. The van der Waals surface area contributed by atoms with E-state index in [4.69, 9.17) is 0 Å². The van der Waals surface area contributed by atoms with Crippen LogP contribution in [0.5, 0.6) is 0 Å². The minimum absolute atomic E-state index is 0.0126. The van der Waals surface area contributed by atoms with Crippen molar-refractivity contribution in [3.63, 3.8) is 0 Å². The lowest BCUT2D eigenvalue weighted by Crippen LogP contribution is -2.28. The molecular formula is C15H23N3O. The molecule has 0 spiro atoms. The van der Waals surface area contributed by atoms with Crippen LogP contribution in [-0.4, -0.2) is 24.0 Å². The molecule has 1 amide bonds. The molecule has 4 heteroatoms. The van der Waals surface area contributed by atoms with Crippen LogP contribution in [-0.2, 0) is 0 Å². The molecule has 0 aliphatic heterocycles. The number of hydrogen-bond acceptors (Lipinski definition) is 3. The molecule has 0 aromatic carbocycles. The number of rotatable bonds is 6. The summed E-state index contributed by atoms with van der Waals surface area (Å²) < 4.78 is 0. The van der Waals surface area contributed by atoms with Gasteiger partial charge in [-0.05, 0) is 37.3 Å². The van der Waals surface area contributed by atoms with Crippen molar-refractivity contribution in [1.82, 2.24) is 10.3 Å². The highest BCUT2D eigenvalue weighted by Crippen LogP contribution is 2.23. The first-order valence-corrected chi connectivity index (χ1v) is 7.27. The molecule has 0 unspecified atom stereocenters. The number of anilines is 1. The van der Waals surface area contributed by atoms with E-state index < -0.39 is 0 Å². The van der Waals surface area contributed by atoms with Crippen LogP contribution in [0.3, 0.4) is 0 Å². The molecule has 1 fully saturated rings. The molecule has 2 N–H and O–H groups in total. The van der Waals surface area contributed by atoms with Gasteiger partial charge in [-0.3, -0.25) is 4.79 Å². The van der Waals surface area contributed by atoms with Crippen molar-refractivity contribution in [2.24, 2.45) is 5.92 Å². The van der Waals surface area contributed by atoms with Crippen LogP contribution in [0.2, 0.25) is 0 Å². The topological polar surface area (TPSA) is 54.0 Å². The highest BCUT2D eigenvalue weighted by atomic mass is 16.1. The van der Waals surface area contributed by atoms with Crippen molar-refractivity contribution >= 4 is 11.7 Å². The number of carbonyl (C=O) groups excluding carboxylic acids is 1. The maximum Gasteiger partial charge on any atom is 0.252 e. The Balaban J connectivity index is 1.81. The van der Waals surface area contributed by atoms with Gasteiger partial charge in [0.05, 0.1) is 5.56 Å². The molecule has 1 heterocycles. The van der Waals surface area contributed by atoms with E-state index in [1.54, 1.807) is 6.20 Å². The van der Waals surface area contributed by atoms with Crippen molar-refractivity contribution in [2.75, 3.05) is 18.4 Å². The average Bonchev–Trinajstić information content (AvgIpc) is 2.96. The molecule has 19 heavy (non-hydrogen) atoms. The van der Waals surface area contributed by atoms with Gasteiger partial charge in [0.25, 0.3) is 5.91 Å². The highest BCUT2D eigenvalue weighted by molar-refractivity contribution is 5.94. The zero-order valence-electron chi connectivity index (χ0n) is 11.6. The Morgan fingerprint density at radius 3 is 2.79 bits per heavy atom. The molecule has 2 rings (SSSR count). The predicted molar refractivity (Wildman–Crippen MR) is 77.3 cm³/mol. The predicted octanol–water partition coefficient (Wildman–Crippen LogP) is 2.82. The fourth-order valence-corrected chi connectivity index (χ4v) is 2.44. The number of aromatic nitrogens is 1. The maximum atomic E-state index is 12.0. The number of pyridine rings is 1. The molecule has 1 saturated carbocycles. The highest BCUT2D eigenvalue weighted by Gasteiger charge is 2.16. The van der Waals surface area contributed by atoms with Gasteiger partial charge in [0.2, 0.25) is 0 Å². The lowest BCUT2D eigenvalue weighted by Gasteiger charge is -2.10. The Kier molecular flexibility index (Phi) is 5.19. The standard InChI is InChI=1S/C15H23N3O/c1-2-9-16-14-8-7-13(11-17-14)15(19)18-10-12-5-3-4-6-12/h7-8,11-12H,2-6,9-10H2,1H3,(H,16,17)(H,18,19). The summed E-state index contributed by atoms with van der Waals surface area (Å²) >= 11 is 0. The smallest absolute Gasteiger partial charge is 0.252 e. The fraction of sp³-hybridized carbons (Fsp3) is 0.600. The van der Waals surface area contributed by atoms with E-state index in [9.17, 15) is 4.79 Å². The Bertz CT molecular complexity index is 396. The largest absolute Gasteiger partial charge is 0.370 e. The maximum absolute atomic E-state index is 12.0. The second kappa shape index (κ2) is 7.12. The molecule has 104 valence electrons. The van der Waals surface area contributed by atoms with Crippen molar-refractivity contribution in [1.29, 1.82) is 0 Å². The van der Waals surface area contributed by atoms with Crippen LogP contribution in [0.15, 0.2) is 18.3 Å². The SMILES string of the molecule is CCCNc1ccc(C(=O)NCC2CCCC2)cn1. The fourth-order valence-electron chi connectivity index (χ4n) is 2.44. The molecule has 1 aliphatic carbocycles. The molecule has 1 aromatic rings. The Morgan fingerprint density at radius 2 is 2.16 bits per heavy atom. The van der Waals surface area contributed by atoms with E-state index in [0.717, 1.165) is 25.3 Å². The number of nitrogens with one attached hydrogen (secondary N) is 2. The van der Waals surface area contributed by atoms with E-state index in [1.165, 1.54) is 25.7 Å². The first kappa shape index (κ1) is 13.8. The minimum Gasteiger partial charge on any atom is -0.370 e. The van der Waals surface area contributed by atoms with E-state index in [1.807, 2.05) is 12.1 Å². The third kappa shape index (κ3) is 4.23. The van der Waals surface area contributed by atoms with Gasteiger partial charge in [-0.25, -0.2) is 4.98 Å². The van der Waals surface area contributed by atoms with Gasteiger partial charge in [0.15, 0.2) is 0 Å². The second-order valence-corrected chi connectivity index (χ2v) is 5.22. The Labute approximate surface area is 115 Å². The molecule has 0 atom stereocenters. The summed E-state index contributed by atoms with van der Waals surface area (Å²) in [4.78, 5) is 16.2. The summed E-state index contributed by atoms with van der Waals surface area (Å²) in [5.74, 6) is 1.48. The van der Waals surface area contributed by atoms with E-state index in [0.29, 0.717) is 11.5 Å². The zero-order chi connectivity index (χ0) is 13.5. The Morgan fingerprint density at radius 1 is 1.37 bits per heavy atom. The molecule has 0 bridgehead atoms.